The molecule has 30 heavy (non-hydrogen) atoms. The SMILES string of the molecule is COc1ccc2c(Cl)c(C(=O)NNC(=O)COc3ccc(C(C)(C)C)cc3)sc2c1. The Kier molecular flexibility index (Phi) is 6.53. The third-order valence-corrected chi connectivity index (χ3v) is 6.10. The lowest BCUT2D eigenvalue weighted by atomic mass is 9.87. The molecule has 2 amide bonds. The fourth-order valence-electron chi connectivity index (χ4n) is 2.74. The van der Waals surface area contributed by atoms with E-state index in [0.29, 0.717) is 21.4 Å². The number of nitrogens with one attached hydrogen (secondary N) is 2. The molecule has 158 valence electrons. The Balaban J connectivity index is 1.55. The van der Waals surface area contributed by atoms with Crippen molar-refractivity contribution in [3.63, 3.8) is 0 Å². The molecule has 8 heteroatoms. The molecule has 0 saturated carbocycles. The molecule has 0 aliphatic carbocycles. The summed E-state index contributed by atoms with van der Waals surface area (Å²) in [6.07, 6.45) is 0. The second kappa shape index (κ2) is 8.93. The van der Waals surface area contributed by atoms with Crippen LogP contribution in [0.25, 0.3) is 10.1 Å². The van der Waals surface area contributed by atoms with Gasteiger partial charge in [-0.2, -0.15) is 0 Å². The number of hydrazine groups is 1. The number of amides is 2. The lowest BCUT2D eigenvalue weighted by Crippen LogP contribution is -2.43. The average Bonchev–Trinajstić information content (AvgIpc) is 3.06. The number of ether oxygens (including phenoxy) is 2. The van der Waals surface area contributed by atoms with E-state index in [9.17, 15) is 9.59 Å². The number of rotatable bonds is 5. The van der Waals surface area contributed by atoms with Gasteiger partial charge in [-0.15, -0.1) is 11.3 Å². The number of benzene rings is 2. The summed E-state index contributed by atoms with van der Waals surface area (Å²) >= 11 is 7.54. The van der Waals surface area contributed by atoms with Gasteiger partial charge in [0.1, 0.15) is 16.4 Å². The first-order chi connectivity index (χ1) is 14.2. The Morgan fingerprint density at radius 3 is 2.33 bits per heavy atom. The van der Waals surface area contributed by atoms with Crippen molar-refractivity contribution in [3.05, 3.63) is 57.9 Å². The van der Waals surface area contributed by atoms with Crippen LogP contribution in [0, 0.1) is 0 Å². The predicted octanol–water partition coefficient (Wildman–Crippen LogP) is 4.70. The lowest BCUT2D eigenvalue weighted by Gasteiger charge is -2.19. The van der Waals surface area contributed by atoms with Crippen molar-refractivity contribution in [2.45, 2.75) is 26.2 Å². The molecule has 3 aromatic rings. The van der Waals surface area contributed by atoms with Crippen LogP contribution >= 0.6 is 22.9 Å². The van der Waals surface area contributed by atoms with E-state index in [1.54, 1.807) is 25.3 Å². The minimum Gasteiger partial charge on any atom is -0.497 e. The predicted molar refractivity (Wildman–Crippen MR) is 120 cm³/mol. The molecule has 0 unspecified atom stereocenters. The van der Waals surface area contributed by atoms with Gasteiger partial charge in [-0.1, -0.05) is 44.5 Å². The normalized spacial score (nSPS) is 11.2. The molecule has 0 aliphatic rings. The first kappa shape index (κ1) is 21.9. The number of methoxy groups -OCH3 is 1. The largest absolute Gasteiger partial charge is 0.497 e. The Morgan fingerprint density at radius 1 is 1.03 bits per heavy atom. The van der Waals surface area contributed by atoms with Crippen molar-refractivity contribution in [1.29, 1.82) is 0 Å². The highest BCUT2D eigenvalue weighted by Crippen LogP contribution is 2.37. The van der Waals surface area contributed by atoms with E-state index in [1.165, 1.54) is 16.9 Å². The van der Waals surface area contributed by atoms with Gasteiger partial charge >= 0.3 is 0 Å². The lowest BCUT2D eigenvalue weighted by molar-refractivity contribution is -0.123. The Labute approximate surface area is 184 Å². The van der Waals surface area contributed by atoms with Crippen molar-refractivity contribution in [1.82, 2.24) is 10.9 Å². The van der Waals surface area contributed by atoms with Gasteiger partial charge in [-0.3, -0.25) is 20.4 Å². The monoisotopic (exact) mass is 446 g/mol. The second-order valence-electron chi connectivity index (χ2n) is 7.67. The zero-order valence-electron chi connectivity index (χ0n) is 17.2. The van der Waals surface area contributed by atoms with Gasteiger partial charge in [0.25, 0.3) is 11.8 Å². The molecule has 1 heterocycles. The van der Waals surface area contributed by atoms with E-state index in [1.807, 2.05) is 24.3 Å². The fraction of sp³-hybridized carbons (Fsp3) is 0.273. The molecule has 0 spiro atoms. The van der Waals surface area contributed by atoms with Crippen LogP contribution in [-0.4, -0.2) is 25.5 Å². The Morgan fingerprint density at radius 2 is 1.70 bits per heavy atom. The number of hydrogen-bond donors (Lipinski definition) is 2. The van der Waals surface area contributed by atoms with Gasteiger partial charge in [-0.05, 0) is 41.3 Å². The number of carbonyl (C=O) groups is 2. The van der Waals surface area contributed by atoms with E-state index in [4.69, 9.17) is 21.1 Å². The van der Waals surface area contributed by atoms with Gasteiger partial charge in [0.2, 0.25) is 0 Å². The van der Waals surface area contributed by atoms with Crippen LogP contribution in [-0.2, 0) is 10.2 Å². The van der Waals surface area contributed by atoms with Crippen LogP contribution < -0.4 is 20.3 Å². The molecule has 6 nitrogen and oxygen atoms in total. The molecule has 0 aliphatic heterocycles. The number of hydrogen-bond acceptors (Lipinski definition) is 5. The van der Waals surface area contributed by atoms with E-state index < -0.39 is 11.8 Å². The van der Waals surface area contributed by atoms with Gasteiger partial charge < -0.3 is 9.47 Å². The average molecular weight is 447 g/mol. The minimum atomic E-state index is -0.497. The zero-order valence-corrected chi connectivity index (χ0v) is 18.7. The van der Waals surface area contributed by atoms with Crippen LogP contribution in [0.2, 0.25) is 5.02 Å². The van der Waals surface area contributed by atoms with Crippen LogP contribution in [0.5, 0.6) is 11.5 Å². The summed E-state index contributed by atoms with van der Waals surface area (Å²) in [5, 5.41) is 1.08. The van der Waals surface area contributed by atoms with Crippen molar-refractivity contribution < 1.29 is 19.1 Å². The molecular formula is C22H23ClN2O4S. The summed E-state index contributed by atoms with van der Waals surface area (Å²) in [7, 11) is 1.57. The van der Waals surface area contributed by atoms with Crippen molar-refractivity contribution in [2.75, 3.05) is 13.7 Å². The smallest absolute Gasteiger partial charge is 0.281 e. The molecule has 1 aromatic heterocycles. The fourth-order valence-corrected chi connectivity index (χ4v) is 4.18. The van der Waals surface area contributed by atoms with Gasteiger partial charge in [0.05, 0.1) is 12.1 Å². The molecule has 0 bridgehead atoms. The molecular weight excluding hydrogens is 424 g/mol. The summed E-state index contributed by atoms with van der Waals surface area (Å²) in [5.41, 5.74) is 5.92. The second-order valence-corrected chi connectivity index (χ2v) is 9.10. The molecule has 2 N–H and O–H groups in total. The summed E-state index contributed by atoms with van der Waals surface area (Å²) < 4.78 is 11.5. The third-order valence-electron chi connectivity index (χ3n) is 4.45. The van der Waals surface area contributed by atoms with Gasteiger partial charge in [-0.25, -0.2) is 0 Å². The van der Waals surface area contributed by atoms with Crippen LogP contribution in [0.3, 0.4) is 0 Å². The van der Waals surface area contributed by atoms with Crippen LogP contribution in [0.4, 0.5) is 0 Å². The third kappa shape index (κ3) is 5.04. The Bertz CT molecular complexity index is 1070. The van der Waals surface area contributed by atoms with Gasteiger partial charge in [0.15, 0.2) is 6.61 Å². The summed E-state index contributed by atoms with van der Waals surface area (Å²) in [4.78, 5) is 24.8. The molecule has 0 fully saturated rings. The maximum absolute atomic E-state index is 12.4. The number of halogens is 1. The first-order valence-corrected chi connectivity index (χ1v) is 10.5. The maximum Gasteiger partial charge on any atom is 0.281 e. The minimum absolute atomic E-state index is 0.0409. The standard InChI is InChI=1S/C22H23ClN2O4S/c1-22(2,3)13-5-7-14(8-6-13)29-12-18(26)24-25-21(27)20-19(23)16-10-9-15(28-4)11-17(16)30-20/h5-11H,12H2,1-4H3,(H,24,26)(H,25,27). The summed E-state index contributed by atoms with van der Waals surface area (Å²) in [5.74, 6) is 0.268. The van der Waals surface area contributed by atoms with Gasteiger partial charge in [0, 0.05) is 10.1 Å². The van der Waals surface area contributed by atoms with E-state index >= 15 is 0 Å². The number of thiophene rings is 1. The molecule has 0 saturated heterocycles. The van der Waals surface area contributed by atoms with Crippen molar-refractivity contribution in [3.8, 4) is 11.5 Å². The molecule has 2 aromatic carbocycles. The quantitative estimate of drug-likeness (QED) is 0.557. The van der Waals surface area contributed by atoms with Crippen LogP contribution in [0.15, 0.2) is 42.5 Å². The first-order valence-electron chi connectivity index (χ1n) is 9.27. The summed E-state index contributed by atoms with van der Waals surface area (Å²) in [6.45, 7) is 6.14. The highest BCUT2D eigenvalue weighted by Gasteiger charge is 2.18. The Hall–Kier alpha value is -2.77. The maximum atomic E-state index is 12.4. The summed E-state index contributed by atoms with van der Waals surface area (Å²) in [6, 6.07) is 12.9. The highest BCUT2D eigenvalue weighted by atomic mass is 35.5. The topological polar surface area (TPSA) is 76.7 Å². The zero-order chi connectivity index (χ0) is 21.9. The molecule has 0 radical (unpaired) electrons. The van der Waals surface area contributed by atoms with Crippen LogP contribution in [0.1, 0.15) is 36.0 Å². The van der Waals surface area contributed by atoms with E-state index in [-0.39, 0.29) is 12.0 Å². The molecule has 0 atom stereocenters. The highest BCUT2D eigenvalue weighted by molar-refractivity contribution is 7.21. The number of carbonyl (C=O) groups excluding carboxylic acids is 2. The van der Waals surface area contributed by atoms with E-state index in [0.717, 1.165) is 10.1 Å². The molecule has 3 rings (SSSR count). The van der Waals surface area contributed by atoms with Crippen molar-refractivity contribution >= 4 is 44.8 Å². The number of fused-ring (bicyclic) bond motifs is 1. The van der Waals surface area contributed by atoms with Crippen molar-refractivity contribution in [2.24, 2.45) is 0 Å². The van der Waals surface area contributed by atoms with E-state index in [2.05, 4.69) is 31.6 Å².